The Morgan fingerprint density at radius 1 is 0.842 bits per heavy atom. The van der Waals surface area contributed by atoms with Crippen molar-refractivity contribution in [2.45, 2.75) is 57.3 Å². The summed E-state index contributed by atoms with van der Waals surface area (Å²) < 4.78 is 33.7. The Labute approximate surface area is 116 Å². The van der Waals surface area contributed by atoms with Crippen molar-refractivity contribution < 1.29 is 13.0 Å². The Bertz CT molecular complexity index is 517. The van der Waals surface area contributed by atoms with E-state index in [-0.39, 0.29) is 21.9 Å². The predicted molar refractivity (Wildman–Crippen MR) is 77.8 cm³/mol. The molecule has 0 spiro atoms. The first-order chi connectivity index (χ1) is 7.82. The number of hydrogen-bond donors (Lipinski definition) is 1. The van der Waals surface area contributed by atoms with E-state index in [1.807, 2.05) is 47.6 Å². The molecule has 4 N–H and O–H groups in total. The molecule has 0 saturated carbocycles. The van der Waals surface area contributed by atoms with Gasteiger partial charge >= 0.3 is 0 Å². The zero-order chi connectivity index (χ0) is 14.4. The van der Waals surface area contributed by atoms with Crippen LogP contribution in [0.2, 0.25) is 0 Å². The first-order valence-electron chi connectivity index (χ1n) is 5.94. The third-order valence-electron chi connectivity index (χ3n) is 2.93. The molecule has 19 heavy (non-hydrogen) atoms. The van der Waals surface area contributed by atoms with Gasteiger partial charge in [-0.3, -0.25) is 0 Å². The standard InChI is InChI=1S/C14H22O3S.H3N/c1-13(2,3)10-7-11(14(4,5)6)9-12(8-10)18(15,16)17;/h7-9H,1-6H3,(H,15,16,17);1H3. The molecule has 0 aliphatic heterocycles. The largest absolute Gasteiger partial charge is 0.744 e. The highest BCUT2D eigenvalue weighted by atomic mass is 32.2. The molecule has 5 heteroatoms. The van der Waals surface area contributed by atoms with Crippen molar-refractivity contribution in [2.24, 2.45) is 0 Å². The molecule has 0 aromatic heterocycles. The summed E-state index contributed by atoms with van der Waals surface area (Å²) in [4.78, 5) is -0.139. The van der Waals surface area contributed by atoms with Crippen molar-refractivity contribution in [1.82, 2.24) is 6.15 Å². The number of rotatable bonds is 1. The van der Waals surface area contributed by atoms with Crippen LogP contribution in [0.15, 0.2) is 23.1 Å². The zero-order valence-corrected chi connectivity index (χ0v) is 13.7. The Morgan fingerprint density at radius 3 is 1.37 bits per heavy atom. The molecule has 4 nitrogen and oxygen atoms in total. The van der Waals surface area contributed by atoms with Gasteiger partial charge in [0.15, 0.2) is 0 Å². The minimum atomic E-state index is -4.42. The highest BCUT2D eigenvalue weighted by Crippen LogP contribution is 2.31. The fourth-order valence-corrected chi connectivity index (χ4v) is 2.15. The molecule has 0 aliphatic carbocycles. The van der Waals surface area contributed by atoms with Gasteiger partial charge in [0.05, 0.1) is 4.90 Å². The molecular weight excluding hydrogens is 262 g/mol. The van der Waals surface area contributed by atoms with Crippen molar-refractivity contribution in [2.75, 3.05) is 0 Å². The summed E-state index contributed by atoms with van der Waals surface area (Å²) in [5.74, 6) is 0. The summed E-state index contributed by atoms with van der Waals surface area (Å²) in [7, 11) is -4.42. The van der Waals surface area contributed by atoms with Gasteiger partial charge in [0.1, 0.15) is 10.1 Å². The van der Waals surface area contributed by atoms with Crippen molar-refractivity contribution in [3.63, 3.8) is 0 Å². The van der Waals surface area contributed by atoms with Gasteiger partial charge in [0.25, 0.3) is 0 Å². The molecule has 0 heterocycles. The van der Waals surface area contributed by atoms with Crippen molar-refractivity contribution in [1.29, 1.82) is 0 Å². The van der Waals surface area contributed by atoms with Gasteiger partial charge < -0.3 is 10.7 Å². The SMILES string of the molecule is CC(C)(C)c1cc(C(C)(C)C)cc(S(=O)(=O)[O-])c1.[NH4+]. The van der Waals surface area contributed by atoms with Gasteiger partial charge in [-0.25, -0.2) is 8.42 Å². The van der Waals surface area contributed by atoms with Gasteiger partial charge in [-0.15, -0.1) is 0 Å². The molecule has 0 radical (unpaired) electrons. The topological polar surface area (TPSA) is 93.7 Å². The van der Waals surface area contributed by atoms with Crippen molar-refractivity contribution in [3.8, 4) is 0 Å². The van der Waals surface area contributed by atoms with Crippen LogP contribution in [-0.2, 0) is 20.9 Å². The van der Waals surface area contributed by atoms with E-state index in [1.54, 1.807) is 0 Å². The molecule has 110 valence electrons. The lowest BCUT2D eigenvalue weighted by atomic mass is 9.81. The summed E-state index contributed by atoms with van der Waals surface area (Å²) in [6.07, 6.45) is 0. The van der Waals surface area contributed by atoms with E-state index >= 15 is 0 Å². The molecule has 0 aliphatic rings. The second-order valence-electron chi connectivity index (χ2n) is 6.70. The van der Waals surface area contributed by atoms with Crippen LogP contribution in [0, 0.1) is 0 Å². The van der Waals surface area contributed by atoms with Gasteiger partial charge in [-0.1, -0.05) is 47.6 Å². The molecule has 0 unspecified atom stereocenters. The molecule has 1 rings (SSSR count). The Morgan fingerprint density at radius 2 is 1.16 bits per heavy atom. The predicted octanol–water partition coefficient (Wildman–Crippen LogP) is 3.56. The van der Waals surface area contributed by atoms with Gasteiger partial charge in [0.2, 0.25) is 0 Å². The van der Waals surface area contributed by atoms with Gasteiger partial charge in [-0.05, 0) is 34.1 Å². The van der Waals surface area contributed by atoms with E-state index in [2.05, 4.69) is 0 Å². The molecule has 0 amide bonds. The second-order valence-corrected chi connectivity index (χ2v) is 8.08. The third-order valence-corrected chi connectivity index (χ3v) is 3.74. The van der Waals surface area contributed by atoms with E-state index in [0.29, 0.717) is 0 Å². The van der Waals surface area contributed by atoms with Crippen LogP contribution in [-0.4, -0.2) is 13.0 Å². The van der Waals surface area contributed by atoms with Crippen LogP contribution in [0.5, 0.6) is 0 Å². The van der Waals surface area contributed by atoms with E-state index in [1.165, 1.54) is 12.1 Å². The highest BCUT2D eigenvalue weighted by molar-refractivity contribution is 7.85. The normalized spacial score (nSPS) is 13.0. The second kappa shape index (κ2) is 5.23. The third kappa shape index (κ3) is 4.60. The Kier molecular flexibility index (Phi) is 4.98. The molecule has 0 bridgehead atoms. The molecule has 0 atom stereocenters. The average Bonchev–Trinajstić information content (AvgIpc) is 2.13. The highest BCUT2D eigenvalue weighted by Gasteiger charge is 2.21. The van der Waals surface area contributed by atoms with Crippen LogP contribution in [0.3, 0.4) is 0 Å². The summed E-state index contributed by atoms with van der Waals surface area (Å²) in [6.45, 7) is 12.0. The van der Waals surface area contributed by atoms with E-state index < -0.39 is 10.1 Å². The van der Waals surface area contributed by atoms with Crippen molar-refractivity contribution >= 4 is 10.1 Å². The maximum atomic E-state index is 11.2. The Hall–Kier alpha value is -0.910. The minimum Gasteiger partial charge on any atom is -0.744 e. The summed E-state index contributed by atoms with van der Waals surface area (Å²) in [6, 6.07) is 4.95. The fraction of sp³-hybridized carbons (Fsp3) is 0.571. The van der Waals surface area contributed by atoms with Gasteiger partial charge in [0, 0.05) is 0 Å². The van der Waals surface area contributed by atoms with Crippen LogP contribution >= 0.6 is 0 Å². The lowest BCUT2D eigenvalue weighted by molar-refractivity contribution is 0.462. The van der Waals surface area contributed by atoms with E-state index in [9.17, 15) is 13.0 Å². The summed E-state index contributed by atoms with van der Waals surface area (Å²) in [5, 5.41) is 0. The van der Waals surface area contributed by atoms with Crippen LogP contribution < -0.4 is 6.15 Å². The monoisotopic (exact) mass is 287 g/mol. The van der Waals surface area contributed by atoms with Crippen LogP contribution in [0.25, 0.3) is 0 Å². The first kappa shape index (κ1) is 18.1. The summed E-state index contributed by atoms with van der Waals surface area (Å²) in [5.41, 5.74) is 1.34. The maximum absolute atomic E-state index is 11.2. The Balaban J connectivity index is 0.00000324. The van der Waals surface area contributed by atoms with Crippen LogP contribution in [0.4, 0.5) is 0 Å². The van der Waals surface area contributed by atoms with Gasteiger partial charge in [-0.2, -0.15) is 0 Å². The number of quaternary nitrogens is 1. The summed E-state index contributed by atoms with van der Waals surface area (Å²) >= 11 is 0. The molecular formula is C14H25NO3S. The number of hydrogen-bond acceptors (Lipinski definition) is 3. The minimum absolute atomic E-state index is 0. The smallest absolute Gasteiger partial charge is 0.124 e. The van der Waals surface area contributed by atoms with Crippen molar-refractivity contribution in [3.05, 3.63) is 29.3 Å². The molecule has 1 aromatic rings. The van der Waals surface area contributed by atoms with Crippen LogP contribution in [0.1, 0.15) is 52.7 Å². The molecule has 1 aromatic carbocycles. The quantitative estimate of drug-likeness (QED) is 0.800. The first-order valence-corrected chi connectivity index (χ1v) is 7.34. The fourth-order valence-electron chi connectivity index (χ4n) is 1.61. The molecule has 0 fully saturated rings. The van der Waals surface area contributed by atoms with E-state index in [4.69, 9.17) is 0 Å². The zero-order valence-electron chi connectivity index (χ0n) is 12.9. The lowest BCUT2D eigenvalue weighted by Crippen LogP contribution is -2.18. The maximum Gasteiger partial charge on any atom is 0.124 e. The average molecular weight is 287 g/mol. The van der Waals surface area contributed by atoms with E-state index in [0.717, 1.165) is 11.1 Å². The molecule has 0 saturated heterocycles. The number of benzene rings is 1. The lowest BCUT2D eigenvalue weighted by Gasteiger charge is -2.26.